The first-order valence-corrected chi connectivity index (χ1v) is 4.56. The molecule has 0 spiro atoms. The topological polar surface area (TPSA) is 86.9 Å². The summed E-state index contributed by atoms with van der Waals surface area (Å²) in [5, 5.41) is 17.3. The van der Waals surface area contributed by atoms with E-state index in [2.05, 4.69) is 9.97 Å². The summed E-state index contributed by atoms with van der Waals surface area (Å²) in [6.07, 6.45) is 1.32. The molecule has 1 aromatic carbocycles. The second kappa shape index (κ2) is 3.95. The fourth-order valence-electron chi connectivity index (χ4n) is 1.39. The van der Waals surface area contributed by atoms with Gasteiger partial charge in [0.2, 0.25) is 0 Å². The molecule has 0 aliphatic heterocycles. The molecule has 0 radical (unpaired) electrons. The van der Waals surface area contributed by atoms with Gasteiger partial charge in [-0.15, -0.1) is 0 Å². The zero-order valence-corrected chi connectivity index (χ0v) is 8.21. The molecule has 0 aliphatic carbocycles. The quantitative estimate of drug-likeness (QED) is 0.807. The number of nitriles is 1. The predicted molar refractivity (Wildman–Crippen MR) is 55.6 cm³/mol. The molecule has 0 fully saturated rings. The van der Waals surface area contributed by atoms with E-state index in [9.17, 15) is 4.79 Å². The van der Waals surface area contributed by atoms with Crippen molar-refractivity contribution in [3.8, 4) is 6.07 Å². The van der Waals surface area contributed by atoms with Gasteiger partial charge >= 0.3 is 5.97 Å². The van der Waals surface area contributed by atoms with Gasteiger partial charge in [-0.05, 0) is 17.7 Å². The summed E-state index contributed by atoms with van der Waals surface area (Å²) in [5.41, 5.74) is 2.10. The van der Waals surface area contributed by atoms with Crippen molar-refractivity contribution in [2.24, 2.45) is 0 Å². The number of hydrogen-bond acceptors (Lipinski definition) is 4. The second-order valence-electron chi connectivity index (χ2n) is 3.26. The third-order valence-electron chi connectivity index (χ3n) is 2.08. The average Bonchev–Trinajstić information content (AvgIpc) is 2.27. The van der Waals surface area contributed by atoms with E-state index in [1.54, 1.807) is 18.2 Å². The highest BCUT2D eigenvalue weighted by Gasteiger charge is 2.03. The molecular formula is C11H7N3O2. The zero-order valence-electron chi connectivity index (χ0n) is 8.21. The number of rotatable bonds is 2. The Balaban J connectivity index is 2.48. The highest BCUT2D eigenvalue weighted by molar-refractivity contribution is 5.77. The van der Waals surface area contributed by atoms with Crippen LogP contribution in [0.5, 0.6) is 0 Å². The Labute approximate surface area is 91.0 Å². The number of benzene rings is 1. The minimum Gasteiger partial charge on any atom is -0.481 e. The lowest BCUT2D eigenvalue weighted by atomic mass is 10.1. The van der Waals surface area contributed by atoms with E-state index in [4.69, 9.17) is 10.4 Å². The maximum atomic E-state index is 10.5. The minimum atomic E-state index is -0.888. The first-order chi connectivity index (χ1) is 7.69. The van der Waals surface area contributed by atoms with E-state index in [1.165, 1.54) is 6.20 Å². The fourth-order valence-corrected chi connectivity index (χ4v) is 1.39. The van der Waals surface area contributed by atoms with Gasteiger partial charge in [-0.2, -0.15) is 5.26 Å². The first-order valence-electron chi connectivity index (χ1n) is 4.56. The van der Waals surface area contributed by atoms with Gasteiger partial charge in [-0.25, -0.2) is 4.98 Å². The number of carboxylic acid groups (broad SMARTS) is 1. The molecule has 1 heterocycles. The SMILES string of the molecule is N#Cc1cnc2cc(CC(=O)O)ccc2n1. The molecule has 0 saturated carbocycles. The number of hydrogen-bond donors (Lipinski definition) is 1. The molecule has 0 amide bonds. The average molecular weight is 213 g/mol. The Morgan fingerprint density at radius 3 is 2.94 bits per heavy atom. The van der Waals surface area contributed by atoms with Gasteiger partial charge in [0.15, 0.2) is 5.69 Å². The van der Waals surface area contributed by atoms with Crippen LogP contribution in [-0.2, 0) is 11.2 Å². The third kappa shape index (κ3) is 1.96. The van der Waals surface area contributed by atoms with Gasteiger partial charge in [0.05, 0.1) is 23.7 Å². The minimum absolute atomic E-state index is 0.0440. The molecule has 2 rings (SSSR count). The van der Waals surface area contributed by atoms with Crippen LogP contribution in [0.25, 0.3) is 11.0 Å². The highest BCUT2D eigenvalue weighted by Crippen LogP contribution is 2.12. The molecule has 0 aliphatic rings. The molecule has 0 bridgehead atoms. The number of nitrogens with zero attached hydrogens (tertiary/aromatic N) is 3. The largest absolute Gasteiger partial charge is 0.481 e. The molecule has 1 N–H and O–H groups in total. The Morgan fingerprint density at radius 2 is 2.25 bits per heavy atom. The monoisotopic (exact) mass is 213 g/mol. The number of carboxylic acids is 1. The van der Waals surface area contributed by atoms with Crippen LogP contribution in [0.15, 0.2) is 24.4 Å². The summed E-state index contributed by atoms with van der Waals surface area (Å²) < 4.78 is 0. The second-order valence-corrected chi connectivity index (χ2v) is 3.26. The number of aliphatic carboxylic acids is 1. The maximum Gasteiger partial charge on any atom is 0.307 e. The summed E-state index contributed by atoms with van der Waals surface area (Å²) >= 11 is 0. The summed E-state index contributed by atoms with van der Waals surface area (Å²) in [6, 6.07) is 6.90. The molecule has 2 aromatic rings. The van der Waals surface area contributed by atoms with Gasteiger partial charge in [-0.3, -0.25) is 9.78 Å². The van der Waals surface area contributed by atoms with E-state index >= 15 is 0 Å². The van der Waals surface area contributed by atoms with Crippen LogP contribution in [0.4, 0.5) is 0 Å². The van der Waals surface area contributed by atoms with Crippen LogP contribution >= 0.6 is 0 Å². The smallest absolute Gasteiger partial charge is 0.307 e. The van der Waals surface area contributed by atoms with Crippen molar-refractivity contribution in [1.82, 2.24) is 9.97 Å². The van der Waals surface area contributed by atoms with Crippen molar-refractivity contribution in [3.05, 3.63) is 35.7 Å². The molecule has 5 nitrogen and oxygen atoms in total. The molecule has 16 heavy (non-hydrogen) atoms. The Kier molecular flexibility index (Phi) is 2.48. The fraction of sp³-hybridized carbons (Fsp3) is 0.0909. The molecule has 0 saturated heterocycles. The summed E-state index contributed by atoms with van der Waals surface area (Å²) in [6.45, 7) is 0. The molecule has 0 unspecified atom stereocenters. The highest BCUT2D eigenvalue weighted by atomic mass is 16.4. The van der Waals surface area contributed by atoms with Gasteiger partial charge < -0.3 is 5.11 Å². The lowest BCUT2D eigenvalue weighted by Gasteiger charge is -2.00. The molecular weight excluding hydrogens is 206 g/mol. The molecule has 0 atom stereocenters. The third-order valence-corrected chi connectivity index (χ3v) is 2.08. The standard InChI is InChI=1S/C11H7N3O2/c12-5-8-6-13-10-3-7(4-11(15)16)1-2-9(10)14-8/h1-3,6H,4H2,(H,15,16). The lowest BCUT2D eigenvalue weighted by Crippen LogP contribution is -2.00. The Hall–Kier alpha value is -2.48. The maximum absolute atomic E-state index is 10.5. The number of aromatic nitrogens is 2. The van der Waals surface area contributed by atoms with Crippen LogP contribution < -0.4 is 0 Å². The lowest BCUT2D eigenvalue weighted by molar-refractivity contribution is -0.136. The van der Waals surface area contributed by atoms with Crippen molar-refractivity contribution in [3.63, 3.8) is 0 Å². The van der Waals surface area contributed by atoms with E-state index in [0.717, 1.165) is 0 Å². The predicted octanol–water partition coefficient (Wildman–Crippen LogP) is 1.13. The number of fused-ring (bicyclic) bond motifs is 1. The summed E-state index contributed by atoms with van der Waals surface area (Å²) in [5.74, 6) is -0.888. The van der Waals surface area contributed by atoms with Crippen molar-refractivity contribution >= 4 is 17.0 Å². The zero-order chi connectivity index (χ0) is 11.5. The Morgan fingerprint density at radius 1 is 1.44 bits per heavy atom. The normalized spacial score (nSPS) is 9.94. The van der Waals surface area contributed by atoms with Crippen LogP contribution in [-0.4, -0.2) is 21.0 Å². The first kappa shape index (κ1) is 10.1. The van der Waals surface area contributed by atoms with Crippen LogP contribution in [0.1, 0.15) is 11.3 Å². The van der Waals surface area contributed by atoms with Crippen molar-refractivity contribution in [1.29, 1.82) is 5.26 Å². The van der Waals surface area contributed by atoms with Crippen LogP contribution in [0, 0.1) is 11.3 Å². The van der Waals surface area contributed by atoms with E-state index in [1.807, 2.05) is 6.07 Å². The van der Waals surface area contributed by atoms with Crippen molar-refractivity contribution < 1.29 is 9.90 Å². The molecule has 5 heteroatoms. The Bertz CT molecular complexity index is 602. The van der Waals surface area contributed by atoms with Gasteiger partial charge in [0.1, 0.15) is 6.07 Å². The van der Waals surface area contributed by atoms with Crippen molar-refractivity contribution in [2.75, 3.05) is 0 Å². The van der Waals surface area contributed by atoms with Crippen molar-refractivity contribution in [2.45, 2.75) is 6.42 Å². The van der Waals surface area contributed by atoms with Gasteiger partial charge in [0.25, 0.3) is 0 Å². The van der Waals surface area contributed by atoms with Crippen LogP contribution in [0.3, 0.4) is 0 Å². The molecule has 1 aromatic heterocycles. The summed E-state index contributed by atoms with van der Waals surface area (Å²) in [7, 11) is 0. The summed E-state index contributed by atoms with van der Waals surface area (Å²) in [4.78, 5) is 18.6. The van der Waals surface area contributed by atoms with Crippen LogP contribution in [0.2, 0.25) is 0 Å². The number of carbonyl (C=O) groups is 1. The van der Waals surface area contributed by atoms with Gasteiger partial charge in [-0.1, -0.05) is 6.07 Å². The van der Waals surface area contributed by atoms with Gasteiger partial charge in [0, 0.05) is 0 Å². The van der Waals surface area contributed by atoms with E-state index < -0.39 is 5.97 Å². The van der Waals surface area contributed by atoms with E-state index in [-0.39, 0.29) is 12.1 Å². The molecule has 78 valence electrons. The van der Waals surface area contributed by atoms with E-state index in [0.29, 0.717) is 16.6 Å².